The molecule has 0 aliphatic heterocycles. The van der Waals surface area contributed by atoms with E-state index in [0.29, 0.717) is 0 Å². The molecule has 1 N–H and O–H groups in total. The molecular formula is C16H32N4. The first kappa shape index (κ1) is 17.1. The summed E-state index contributed by atoms with van der Waals surface area (Å²) >= 11 is 0. The van der Waals surface area contributed by atoms with Crippen LogP contribution in [0, 0.1) is 0 Å². The summed E-state index contributed by atoms with van der Waals surface area (Å²) in [6.45, 7) is 6.67. The zero-order chi connectivity index (χ0) is 14.7. The first-order chi connectivity index (χ1) is 9.67. The van der Waals surface area contributed by atoms with Gasteiger partial charge >= 0.3 is 0 Å². The van der Waals surface area contributed by atoms with E-state index in [1.807, 2.05) is 0 Å². The number of hydrogen-bond donors (Lipinski definition) is 1. The van der Waals surface area contributed by atoms with Crippen molar-refractivity contribution in [2.75, 3.05) is 0 Å². The summed E-state index contributed by atoms with van der Waals surface area (Å²) in [6.07, 6.45) is 14.9. The molecule has 0 aliphatic carbocycles. The van der Waals surface area contributed by atoms with Gasteiger partial charge in [0, 0.05) is 5.41 Å². The quantitative estimate of drug-likeness (QED) is 0.560. The number of H-pyrrole nitrogens is 1. The van der Waals surface area contributed by atoms with Crippen LogP contribution in [0.3, 0.4) is 0 Å². The molecule has 1 aromatic rings. The second-order valence-corrected chi connectivity index (χ2v) is 6.55. The van der Waals surface area contributed by atoms with E-state index in [0.717, 1.165) is 12.2 Å². The lowest BCUT2D eigenvalue weighted by atomic mass is 9.86. The van der Waals surface area contributed by atoms with Gasteiger partial charge in [-0.15, -0.1) is 10.2 Å². The van der Waals surface area contributed by atoms with E-state index in [-0.39, 0.29) is 5.41 Å². The van der Waals surface area contributed by atoms with Crippen LogP contribution in [0.15, 0.2) is 0 Å². The van der Waals surface area contributed by atoms with Gasteiger partial charge in [-0.2, -0.15) is 5.21 Å². The second kappa shape index (κ2) is 9.89. The van der Waals surface area contributed by atoms with Crippen LogP contribution >= 0.6 is 0 Å². The molecule has 0 unspecified atom stereocenters. The van der Waals surface area contributed by atoms with E-state index in [9.17, 15) is 0 Å². The minimum absolute atomic E-state index is 0.0488. The first-order valence-electron chi connectivity index (χ1n) is 8.41. The monoisotopic (exact) mass is 280 g/mol. The fourth-order valence-electron chi connectivity index (χ4n) is 2.61. The van der Waals surface area contributed by atoms with Crippen molar-refractivity contribution < 1.29 is 0 Å². The number of rotatable bonds is 12. The van der Waals surface area contributed by atoms with Crippen LogP contribution < -0.4 is 0 Å². The molecule has 1 heterocycles. The Morgan fingerprint density at radius 1 is 0.850 bits per heavy atom. The standard InChI is InChI=1S/C16H32N4/c1-4-5-6-7-8-9-10-11-12-13-14-16(2,3)15-17-19-20-18-15/h4-14H2,1-3H3,(H,17,18,19,20). The van der Waals surface area contributed by atoms with E-state index >= 15 is 0 Å². The number of hydrogen-bond acceptors (Lipinski definition) is 3. The van der Waals surface area contributed by atoms with Crippen molar-refractivity contribution in [2.45, 2.75) is 96.8 Å². The molecule has 0 aliphatic rings. The number of aromatic amines is 1. The molecule has 0 bridgehead atoms. The van der Waals surface area contributed by atoms with Crippen molar-refractivity contribution in [3.8, 4) is 0 Å². The third-order valence-corrected chi connectivity index (χ3v) is 4.11. The third-order valence-electron chi connectivity index (χ3n) is 4.11. The predicted octanol–water partition coefficient (Wildman–Crippen LogP) is 4.79. The van der Waals surface area contributed by atoms with Gasteiger partial charge in [-0.25, -0.2) is 0 Å². The topological polar surface area (TPSA) is 54.5 Å². The maximum Gasteiger partial charge on any atom is 0.180 e. The van der Waals surface area contributed by atoms with Crippen LogP contribution in [-0.4, -0.2) is 20.6 Å². The van der Waals surface area contributed by atoms with Gasteiger partial charge < -0.3 is 0 Å². The average molecular weight is 280 g/mol. The highest BCUT2D eigenvalue weighted by atomic mass is 15.5. The van der Waals surface area contributed by atoms with Crippen LogP contribution in [0.25, 0.3) is 0 Å². The van der Waals surface area contributed by atoms with Crippen LogP contribution in [-0.2, 0) is 5.41 Å². The predicted molar refractivity (Wildman–Crippen MR) is 83.7 cm³/mol. The van der Waals surface area contributed by atoms with Crippen LogP contribution in [0.4, 0.5) is 0 Å². The molecule has 0 aromatic carbocycles. The first-order valence-corrected chi connectivity index (χ1v) is 8.41. The van der Waals surface area contributed by atoms with Crippen molar-refractivity contribution in [3.63, 3.8) is 0 Å². The van der Waals surface area contributed by atoms with Gasteiger partial charge in [-0.1, -0.05) is 90.2 Å². The molecule has 0 amide bonds. The van der Waals surface area contributed by atoms with Crippen LogP contribution in [0.2, 0.25) is 0 Å². The molecule has 0 fully saturated rings. The molecule has 0 saturated carbocycles. The normalized spacial score (nSPS) is 11.9. The SMILES string of the molecule is CCCCCCCCCCCCC(C)(C)c1nn[nH]n1. The highest BCUT2D eigenvalue weighted by molar-refractivity contribution is 4.98. The zero-order valence-electron chi connectivity index (χ0n) is 13.6. The summed E-state index contributed by atoms with van der Waals surface area (Å²) in [5.74, 6) is 0.841. The smallest absolute Gasteiger partial charge is 0.177 e. The Balaban J connectivity index is 1.94. The van der Waals surface area contributed by atoms with Crippen molar-refractivity contribution in [2.24, 2.45) is 0 Å². The fraction of sp³-hybridized carbons (Fsp3) is 0.938. The van der Waals surface area contributed by atoms with Crippen molar-refractivity contribution in [1.82, 2.24) is 20.6 Å². The molecule has 4 heteroatoms. The Hall–Kier alpha value is -0.930. The largest absolute Gasteiger partial charge is 0.180 e. The molecule has 4 nitrogen and oxygen atoms in total. The summed E-state index contributed by atoms with van der Waals surface area (Å²) in [6, 6.07) is 0. The summed E-state index contributed by atoms with van der Waals surface area (Å²) in [4.78, 5) is 0. The molecule has 0 spiro atoms. The Morgan fingerprint density at radius 3 is 1.90 bits per heavy atom. The molecule has 1 aromatic heterocycles. The average Bonchev–Trinajstić information content (AvgIpc) is 2.96. The minimum atomic E-state index is 0.0488. The van der Waals surface area contributed by atoms with Gasteiger partial charge in [0.15, 0.2) is 5.82 Å². The lowest BCUT2D eigenvalue weighted by Crippen LogP contribution is -2.19. The Bertz CT molecular complexity index is 319. The highest BCUT2D eigenvalue weighted by Gasteiger charge is 2.24. The number of nitrogens with zero attached hydrogens (tertiary/aromatic N) is 3. The summed E-state index contributed by atoms with van der Waals surface area (Å²) < 4.78 is 0. The molecular weight excluding hydrogens is 248 g/mol. The van der Waals surface area contributed by atoms with Gasteiger partial charge in [0.1, 0.15) is 0 Å². The molecule has 0 atom stereocenters. The van der Waals surface area contributed by atoms with Gasteiger partial charge in [-0.05, 0) is 6.42 Å². The number of tetrazole rings is 1. The van der Waals surface area contributed by atoms with Crippen molar-refractivity contribution in [1.29, 1.82) is 0 Å². The zero-order valence-corrected chi connectivity index (χ0v) is 13.6. The van der Waals surface area contributed by atoms with Crippen LogP contribution in [0.5, 0.6) is 0 Å². The van der Waals surface area contributed by atoms with Gasteiger partial charge in [-0.3, -0.25) is 0 Å². The number of aromatic nitrogens is 4. The lowest BCUT2D eigenvalue weighted by Gasteiger charge is -2.19. The maximum absolute atomic E-state index is 4.10. The Morgan fingerprint density at radius 2 is 1.40 bits per heavy atom. The molecule has 1 rings (SSSR count). The Kier molecular flexibility index (Phi) is 8.47. The van der Waals surface area contributed by atoms with E-state index < -0.39 is 0 Å². The summed E-state index contributed by atoms with van der Waals surface area (Å²) in [5, 5.41) is 14.4. The maximum atomic E-state index is 4.10. The molecule has 0 saturated heterocycles. The van der Waals surface area contributed by atoms with E-state index in [1.54, 1.807) is 0 Å². The molecule has 20 heavy (non-hydrogen) atoms. The van der Waals surface area contributed by atoms with Gasteiger partial charge in [0.25, 0.3) is 0 Å². The number of nitrogens with one attached hydrogen (secondary N) is 1. The third kappa shape index (κ3) is 7.01. The fourth-order valence-corrected chi connectivity index (χ4v) is 2.61. The van der Waals surface area contributed by atoms with E-state index in [4.69, 9.17) is 0 Å². The van der Waals surface area contributed by atoms with Gasteiger partial charge in [0.05, 0.1) is 0 Å². The summed E-state index contributed by atoms with van der Waals surface area (Å²) in [5.41, 5.74) is 0.0488. The summed E-state index contributed by atoms with van der Waals surface area (Å²) in [7, 11) is 0. The number of unbranched alkanes of at least 4 members (excludes halogenated alkanes) is 9. The van der Waals surface area contributed by atoms with Gasteiger partial charge in [0.2, 0.25) is 0 Å². The second-order valence-electron chi connectivity index (χ2n) is 6.55. The van der Waals surface area contributed by atoms with Crippen molar-refractivity contribution in [3.05, 3.63) is 5.82 Å². The minimum Gasteiger partial charge on any atom is -0.177 e. The Labute approximate surface area is 124 Å². The van der Waals surface area contributed by atoms with E-state index in [2.05, 4.69) is 41.4 Å². The van der Waals surface area contributed by atoms with E-state index in [1.165, 1.54) is 64.2 Å². The van der Waals surface area contributed by atoms with Crippen LogP contribution in [0.1, 0.15) is 97.2 Å². The molecule has 116 valence electrons. The van der Waals surface area contributed by atoms with Crippen molar-refractivity contribution >= 4 is 0 Å². The lowest BCUT2D eigenvalue weighted by molar-refractivity contribution is 0.419. The highest BCUT2D eigenvalue weighted by Crippen LogP contribution is 2.25. The molecule has 0 radical (unpaired) electrons.